The molecular formula is C12H25NO3S2. The summed E-state index contributed by atoms with van der Waals surface area (Å²) in [5.74, 6) is 1.03. The lowest BCUT2D eigenvalue weighted by molar-refractivity contribution is -0.129. The molecule has 1 unspecified atom stereocenters. The van der Waals surface area contributed by atoms with E-state index in [1.807, 2.05) is 13.2 Å². The Bertz CT molecular complexity index is 249. The van der Waals surface area contributed by atoms with Gasteiger partial charge in [0.05, 0.1) is 6.61 Å². The van der Waals surface area contributed by atoms with Crippen molar-refractivity contribution in [3.8, 4) is 0 Å². The zero-order valence-electron chi connectivity index (χ0n) is 11.6. The van der Waals surface area contributed by atoms with E-state index in [4.69, 9.17) is 20.7 Å². The molecule has 0 aromatic carbocycles. The van der Waals surface area contributed by atoms with E-state index in [2.05, 4.69) is 5.32 Å². The summed E-state index contributed by atoms with van der Waals surface area (Å²) in [6, 6.07) is 0. The van der Waals surface area contributed by atoms with Crippen molar-refractivity contribution < 1.29 is 14.3 Å². The van der Waals surface area contributed by atoms with Crippen molar-refractivity contribution in [2.24, 2.45) is 0 Å². The van der Waals surface area contributed by atoms with E-state index in [1.165, 1.54) is 0 Å². The molecule has 0 aliphatic rings. The van der Waals surface area contributed by atoms with E-state index in [-0.39, 0.29) is 21.3 Å². The van der Waals surface area contributed by atoms with Crippen LogP contribution in [0.1, 0.15) is 26.7 Å². The van der Waals surface area contributed by atoms with Crippen LogP contribution in [0.5, 0.6) is 0 Å². The molecule has 108 valence electrons. The number of hydrogen-bond acceptors (Lipinski definition) is 5. The fourth-order valence-electron chi connectivity index (χ4n) is 1.26. The lowest BCUT2D eigenvalue weighted by atomic mass is 10.2. The number of Topliss-reactive ketones (excluding diaryl/α,β-unsaturated/α-hetero) is 1. The van der Waals surface area contributed by atoms with Crippen LogP contribution in [0.4, 0.5) is 0 Å². The molecule has 0 aromatic rings. The van der Waals surface area contributed by atoms with Gasteiger partial charge in [0.25, 0.3) is 0 Å². The van der Waals surface area contributed by atoms with Gasteiger partial charge in [0.15, 0.2) is 5.78 Å². The molecule has 0 aliphatic carbocycles. The van der Waals surface area contributed by atoms with Crippen LogP contribution in [0.25, 0.3) is 0 Å². The molecule has 0 fully saturated rings. The minimum atomic E-state index is -0.286. The van der Waals surface area contributed by atoms with Gasteiger partial charge < -0.3 is 14.8 Å². The van der Waals surface area contributed by atoms with Gasteiger partial charge in [0.2, 0.25) is 0 Å². The molecule has 0 radical (unpaired) electrons. The summed E-state index contributed by atoms with van der Waals surface area (Å²) in [7, 11) is 0.0281. The van der Waals surface area contributed by atoms with Crippen LogP contribution in [-0.4, -0.2) is 50.4 Å². The van der Waals surface area contributed by atoms with Gasteiger partial charge in [-0.1, -0.05) is 18.1 Å². The highest BCUT2D eigenvalue weighted by molar-refractivity contribution is 8.28. The zero-order valence-corrected chi connectivity index (χ0v) is 13.2. The summed E-state index contributed by atoms with van der Waals surface area (Å²) < 4.78 is 10.8. The molecule has 0 saturated heterocycles. The molecule has 0 aliphatic heterocycles. The van der Waals surface area contributed by atoms with Crippen LogP contribution in [0, 0.1) is 0 Å². The number of carbonyl (C=O) groups excluding carboxylic acids is 1. The van der Waals surface area contributed by atoms with Gasteiger partial charge >= 0.3 is 0 Å². The predicted molar refractivity (Wildman–Crippen MR) is 79.7 cm³/mol. The SMILES string of the molecule is CCC(=O)[C@H](C)OCCCOCCNCS(C)=S. The third-order valence-electron chi connectivity index (χ3n) is 2.33. The lowest BCUT2D eigenvalue weighted by Gasteiger charge is -2.11. The van der Waals surface area contributed by atoms with Gasteiger partial charge in [-0.25, -0.2) is 0 Å². The van der Waals surface area contributed by atoms with Crippen molar-refractivity contribution in [1.82, 2.24) is 5.32 Å². The molecule has 0 spiro atoms. The maximum atomic E-state index is 11.2. The maximum absolute atomic E-state index is 11.2. The molecule has 0 amide bonds. The smallest absolute Gasteiger partial charge is 0.160 e. The first kappa shape index (κ1) is 18.1. The van der Waals surface area contributed by atoms with Gasteiger partial charge in [-0.2, -0.15) is 0 Å². The molecule has 4 nitrogen and oxygen atoms in total. The molecule has 0 rings (SSSR count). The van der Waals surface area contributed by atoms with Crippen LogP contribution in [0.2, 0.25) is 0 Å². The number of carbonyl (C=O) groups is 1. The second kappa shape index (κ2) is 12.2. The van der Waals surface area contributed by atoms with Crippen molar-refractivity contribution in [1.29, 1.82) is 0 Å². The first-order chi connectivity index (χ1) is 8.57. The third-order valence-corrected chi connectivity index (χ3v) is 3.30. The first-order valence-corrected chi connectivity index (χ1v) is 9.03. The zero-order chi connectivity index (χ0) is 13.8. The van der Waals surface area contributed by atoms with Crippen molar-refractivity contribution in [3.05, 3.63) is 0 Å². The molecule has 18 heavy (non-hydrogen) atoms. The fourth-order valence-corrected chi connectivity index (χ4v) is 1.95. The number of rotatable bonds is 12. The van der Waals surface area contributed by atoms with Crippen molar-refractivity contribution in [2.45, 2.75) is 32.8 Å². The summed E-state index contributed by atoms with van der Waals surface area (Å²) in [6.45, 7) is 6.41. The summed E-state index contributed by atoms with van der Waals surface area (Å²) in [4.78, 5) is 11.2. The van der Waals surface area contributed by atoms with Crippen molar-refractivity contribution in [2.75, 3.05) is 38.5 Å². The summed E-state index contributed by atoms with van der Waals surface area (Å²) in [5, 5.41) is 3.22. The van der Waals surface area contributed by atoms with Crippen LogP contribution < -0.4 is 5.32 Å². The monoisotopic (exact) mass is 295 g/mol. The van der Waals surface area contributed by atoms with E-state index in [0.717, 1.165) is 18.8 Å². The summed E-state index contributed by atoms with van der Waals surface area (Å²) >= 11 is 5.05. The Morgan fingerprint density at radius 2 is 2.11 bits per heavy atom. The maximum Gasteiger partial charge on any atom is 0.160 e. The van der Waals surface area contributed by atoms with Crippen molar-refractivity contribution in [3.63, 3.8) is 0 Å². The summed E-state index contributed by atoms with van der Waals surface area (Å²) in [5.41, 5.74) is 0. The number of ketones is 1. The van der Waals surface area contributed by atoms with Gasteiger partial charge in [-0.15, -0.1) is 9.45 Å². The number of ether oxygens (including phenoxy) is 2. The van der Waals surface area contributed by atoms with Crippen LogP contribution in [-0.2, 0) is 34.9 Å². The van der Waals surface area contributed by atoms with Crippen LogP contribution in [0.3, 0.4) is 0 Å². The minimum absolute atomic E-state index is 0.0281. The molecule has 0 heterocycles. The molecular weight excluding hydrogens is 270 g/mol. The third kappa shape index (κ3) is 11.2. The van der Waals surface area contributed by atoms with E-state index < -0.39 is 0 Å². The predicted octanol–water partition coefficient (Wildman–Crippen LogP) is 1.03. The number of nitrogens with one attached hydrogen (secondary N) is 1. The Hall–Kier alpha value is 0.120. The fraction of sp³-hybridized carbons (Fsp3) is 0.917. The Balaban J connectivity index is 3.21. The lowest BCUT2D eigenvalue weighted by Crippen LogP contribution is -2.23. The van der Waals surface area contributed by atoms with E-state index in [1.54, 1.807) is 6.92 Å². The molecule has 0 saturated carbocycles. The number of hydrogen-bond donors (Lipinski definition) is 1. The minimum Gasteiger partial charge on any atom is -0.380 e. The normalized spacial score (nSPS) is 14.4. The quantitative estimate of drug-likeness (QED) is 0.545. The van der Waals surface area contributed by atoms with Gasteiger partial charge in [0, 0.05) is 32.1 Å². The standard InChI is InChI=1S/C12H25NO3S2/c1-4-12(14)11(2)16-8-5-7-15-9-6-13-10-18(3)17/h11,13H,4-10H2,1-3H3/t11-,18?/m0/s1. The second-order valence-electron chi connectivity index (χ2n) is 4.02. The van der Waals surface area contributed by atoms with E-state index in [0.29, 0.717) is 26.2 Å². The molecule has 0 bridgehead atoms. The van der Waals surface area contributed by atoms with Crippen LogP contribution >= 0.6 is 0 Å². The first-order valence-electron chi connectivity index (χ1n) is 6.30. The average Bonchev–Trinajstić information content (AvgIpc) is 2.35. The Morgan fingerprint density at radius 1 is 1.39 bits per heavy atom. The van der Waals surface area contributed by atoms with Crippen molar-refractivity contribution >= 4 is 26.4 Å². The molecule has 2 atom stereocenters. The van der Waals surface area contributed by atoms with Crippen LogP contribution in [0.15, 0.2) is 0 Å². The van der Waals surface area contributed by atoms with Gasteiger partial charge in [-0.05, 0) is 19.6 Å². The highest BCUT2D eigenvalue weighted by Gasteiger charge is 2.09. The topological polar surface area (TPSA) is 47.6 Å². The largest absolute Gasteiger partial charge is 0.380 e. The second-order valence-corrected chi connectivity index (χ2v) is 7.16. The Labute approximate surface area is 117 Å². The molecule has 6 heteroatoms. The Morgan fingerprint density at radius 3 is 2.72 bits per heavy atom. The van der Waals surface area contributed by atoms with E-state index >= 15 is 0 Å². The molecule has 0 aromatic heterocycles. The summed E-state index contributed by atoms with van der Waals surface area (Å²) in [6.07, 6.45) is 3.09. The van der Waals surface area contributed by atoms with E-state index in [9.17, 15) is 4.79 Å². The molecule has 1 N–H and O–H groups in total. The average molecular weight is 295 g/mol. The Kier molecular flexibility index (Phi) is 12.3. The van der Waals surface area contributed by atoms with Gasteiger partial charge in [0.1, 0.15) is 6.10 Å². The highest BCUT2D eigenvalue weighted by atomic mass is 32.8. The highest BCUT2D eigenvalue weighted by Crippen LogP contribution is 1.97. The van der Waals surface area contributed by atoms with Gasteiger partial charge in [-0.3, -0.25) is 4.79 Å².